The molecule has 0 bridgehead atoms. The molecule has 0 aliphatic carbocycles. The minimum Gasteiger partial charge on any atom is -0.340 e. The molecular formula is C11H25N3. The summed E-state index contributed by atoms with van der Waals surface area (Å²) in [4.78, 5) is 4.18. The first-order valence-corrected chi connectivity index (χ1v) is 5.44. The first kappa shape index (κ1) is 15.6. The summed E-state index contributed by atoms with van der Waals surface area (Å²) < 4.78 is 1.96. The van der Waals surface area contributed by atoms with Crippen molar-refractivity contribution in [3.8, 4) is 0 Å². The Bertz CT molecular complexity index is 194. The molecule has 0 unspecified atom stereocenters. The third-order valence-corrected chi connectivity index (χ3v) is 1.39. The molecule has 84 valence electrons. The van der Waals surface area contributed by atoms with E-state index in [1.807, 2.05) is 58.9 Å². The van der Waals surface area contributed by atoms with Crippen molar-refractivity contribution in [1.29, 1.82) is 0 Å². The zero-order valence-corrected chi connectivity index (χ0v) is 10.5. The molecule has 0 saturated carbocycles. The van der Waals surface area contributed by atoms with Gasteiger partial charge in [0, 0.05) is 26.2 Å². The third kappa shape index (κ3) is 7.80. The van der Waals surface area contributed by atoms with E-state index in [1.54, 1.807) is 0 Å². The van der Waals surface area contributed by atoms with Gasteiger partial charge in [0.05, 0.1) is 12.0 Å². The van der Waals surface area contributed by atoms with Gasteiger partial charge in [-0.25, -0.2) is 4.98 Å². The molecule has 3 heteroatoms. The number of imidazole rings is 1. The predicted molar refractivity (Wildman–Crippen MR) is 63.5 cm³/mol. The molecule has 0 atom stereocenters. The molecule has 0 spiro atoms. The average molecular weight is 199 g/mol. The summed E-state index contributed by atoms with van der Waals surface area (Å²) in [5.41, 5.74) is 1.15. The molecule has 0 aliphatic rings. The largest absolute Gasteiger partial charge is 0.340 e. The third-order valence-electron chi connectivity index (χ3n) is 1.39. The summed E-state index contributed by atoms with van der Waals surface area (Å²) >= 11 is 0. The van der Waals surface area contributed by atoms with E-state index >= 15 is 0 Å². The van der Waals surface area contributed by atoms with E-state index in [-0.39, 0.29) is 0 Å². The van der Waals surface area contributed by atoms with Gasteiger partial charge in [0.15, 0.2) is 0 Å². The van der Waals surface area contributed by atoms with Gasteiger partial charge in [-0.1, -0.05) is 27.7 Å². The van der Waals surface area contributed by atoms with Crippen molar-refractivity contribution < 1.29 is 0 Å². The Kier molecular flexibility index (Phi) is 13.6. The number of aryl methyl sites for hydroxylation is 1. The van der Waals surface area contributed by atoms with E-state index in [9.17, 15) is 0 Å². The predicted octanol–water partition coefficient (Wildman–Crippen LogP) is 2.23. The van der Waals surface area contributed by atoms with Crippen molar-refractivity contribution in [3.05, 3.63) is 18.2 Å². The Balaban J connectivity index is 0. The summed E-state index contributed by atoms with van der Waals surface area (Å²) in [6.45, 7) is 9.00. The van der Waals surface area contributed by atoms with Crippen LogP contribution >= 0.6 is 0 Å². The first-order valence-electron chi connectivity index (χ1n) is 5.44. The van der Waals surface area contributed by atoms with Crippen molar-refractivity contribution >= 4 is 0 Å². The van der Waals surface area contributed by atoms with Crippen LogP contribution in [0.1, 0.15) is 33.4 Å². The van der Waals surface area contributed by atoms with Gasteiger partial charge in [0.1, 0.15) is 0 Å². The Labute approximate surface area is 88.6 Å². The van der Waals surface area contributed by atoms with Crippen LogP contribution in [0.2, 0.25) is 0 Å². The molecule has 0 radical (unpaired) electrons. The van der Waals surface area contributed by atoms with Gasteiger partial charge in [-0.2, -0.15) is 0 Å². The van der Waals surface area contributed by atoms with Gasteiger partial charge >= 0.3 is 0 Å². The molecule has 14 heavy (non-hydrogen) atoms. The van der Waals surface area contributed by atoms with Crippen molar-refractivity contribution in [1.82, 2.24) is 14.9 Å². The Morgan fingerprint density at radius 1 is 1.29 bits per heavy atom. The molecule has 1 aromatic rings. The van der Waals surface area contributed by atoms with Crippen LogP contribution in [-0.2, 0) is 13.5 Å². The molecule has 0 amide bonds. The molecule has 0 aliphatic heterocycles. The molecule has 1 aromatic heterocycles. The normalized spacial score (nSPS) is 8.14. The molecule has 1 rings (SSSR count). The van der Waals surface area contributed by atoms with E-state index in [4.69, 9.17) is 0 Å². The number of nitrogens with zero attached hydrogens (tertiary/aromatic N) is 2. The second-order valence-corrected chi connectivity index (χ2v) is 2.38. The number of aromatic nitrogens is 2. The molecule has 0 aromatic carbocycles. The lowest BCUT2D eigenvalue weighted by molar-refractivity contribution is 0.779. The topological polar surface area (TPSA) is 29.9 Å². The smallest absolute Gasteiger partial charge is 0.0946 e. The van der Waals surface area contributed by atoms with Crippen LogP contribution in [0.15, 0.2) is 12.5 Å². The van der Waals surface area contributed by atoms with Gasteiger partial charge in [0.25, 0.3) is 0 Å². The molecule has 1 N–H and O–H groups in total. The SMILES string of the molecule is CC.CC.CNCCc1cn(C)cn1. The molecule has 1 heterocycles. The maximum absolute atomic E-state index is 4.18. The van der Waals surface area contributed by atoms with Gasteiger partial charge in [0.2, 0.25) is 0 Å². The van der Waals surface area contributed by atoms with Crippen molar-refractivity contribution in [2.24, 2.45) is 7.05 Å². The lowest BCUT2D eigenvalue weighted by atomic mass is 10.3. The maximum Gasteiger partial charge on any atom is 0.0946 e. The standard InChI is InChI=1S/C7H13N3.2C2H6/c1-8-4-3-7-5-10(2)6-9-7;2*1-2/h5-6,8H,3-4H2,1-2H3;2*1-2H3. The highest BCUT2D eigenvalue weighted by Crippen LogP contribution is 1.93. The van der Waals surface area contributed by atoms with Gasteiger partial charge in [-0.3, -0.25) is 0 Å². The van der Waals surface area contributed by atoms with Gasteiger partial charge < -0.3 is 9.88 Å². The fraction of sp³-hybridized carbons (Fsp3) is 0.727. The molecule has 0 saturated heterocycles. The number of likely N-dealkylation sites (N-methyl/N-ethyl adjacent to an activating group) is 1. The summed E-state index contributed by atoms with van der Waals surface area (Å²) in [5, 5.41) is 3.08. The highest BCUT2D eigenvalue weighted by Gasteiger charge is 1.93. The number of nitrogens with one attached hydrogen (secondary N) is 1. The van der Waals surface area contributed by atoms with Crippen molar-refractivity contribution in [2.45, 2.75) is 34.1 Å². The van der Waals surface area contributed by atoms with Gasteiger partial charge in [-0.05, 0) is 7.05 Å². The number of hydrogen-bond donors (Lipinski definition) is 1. The number of hydrogen-bond acceptors (Lipinski definition) is 2. The molecule has 3 nitrogen and oxygen atoms in total. The maximum atomic E-state index is 4.18. The second-order valence-electron chi connectivity index (χ2n) is 2.38. The van der Waals surface area contributed by atoms with E-state index in [0.717, 1.165) is 18.7 Å². The fourth-order valence-corrected chi connectivity index (χ4v) is 0.849. The lowest BCUT2D eigenvalue weighted by Gasteiger charge is -1.92. The molecular weight excluding hydrogens is 174 g/mol. The lowest BCUT2D eigenvalue weighted by Crippen LogP contribution is -2.10. The number of rotatable bonds is 3. The monoisotopic (exact) mass is 199 g/mol. The van der Waals surface area contributed by atoms with Crippen LogP contribution in [0.4, 0.5) is 0 Å². The highest BCUT2D eigenvalue weighted by molar-refractivity contribution is 4.96. The zero-order valence-electron chi connectivity index (χ0n) is 10.5. The van der Waals surface area contributed by atoms with Crippen LogP contribution < -0.4 is 5.32 Å². The second kappa shape index (κ2) is 12.2. The minimum absolute atomic E-state index is 0.997. The molecule has 0 fully saturated rings. The zero-order chi connectivity index (χ0) is 11.4. The van der Waals surface area contributed by atoms with Crippen molar-refractivity contribution in [2.75, 3.05) is 13.6 Å². The first-order chi connectivity index (χ1) is 6.83. The Morgan fingerprint density at radius 3 is 2.21 bits per heavy atom. The summed E-state index contributed by atoms with van der Waals surface area (Å²) in [6, 6.07) is 0. The van der Waals surface area contributed by atoms with Crippen LogP contribution in [0.25, 0.3) is 0 Å². The Hall–Kier alpha value is -0.830. The summed E-state index contributed by atoms with van der Waals surface area (Å²) in [5.74, 6) is 0. The van der Waals surface area contributed by atoms with E-state index in [2.05, 4.69) is 10.3 Å². The average Bonchev–Trinajstić information content (AvgIpc) is 2.67. The Morgan fingerprint density at radius 2 is 1.86 bits per heavy atom. The minimum atomic E-state index is 0.997. The van der Waals surface area contributed by atoms with E-state index in [1.165, 1.54) is 0 Å². The van der Waals surface area contributed by atoms with Crippen LogP contribution in [0, 0.1) is 0 Å². The summed E-state index contributed by atoms with van der Waals surface area (Å²) in [7, 11) is 3.93. The van der Waals surface area contributed by atoms with E-state index < -0.39 is 0 Å². The quantitative estimate of drug-likeness (QED) is 0.809. The van der Waals surface area contributed by atoms with Crippen LogP contribution in [-0.4, -0.2) is 23.1 Å². The summed E-state index contributed by atoms with van der Waals surface area (Å²) in [6.07, 6.45) is 4.87. The van der Waals surface area contributed by atoms with Gasteiger partial charge in [-0.15, -0.1) is 0 Å². The van der Waals surface area contributed by atoms with E-state index in [0.29, 0.717) is 0 Å². The van der Waals surface area contributed by atoms with Crippen LogP contribution in [0.3, 0.4) is 0 Å². The van der Waals surface area contributed by atoms with Crippen molar-refractivity contribution in [3.63, 3.8) is 0 Å². The van der Waals surface area contributed by atoms with Crippen LogP contribution in [0.5, 0.6) is 0 Å². The highest BCUT2D eigenvalue weighted by atomic mass is 15.0. The fourth-order valence-electron chi connectivity index (χ4n) is 0.849.